The Bertz CT molecular complexity index is 2530. The van der Waals surface area contributed by atoms with Gasteiger partial charge >= 0.3 is 0 Å². The van der Waals surface area contributed by atoms with Gasteiger partial charge in [0.1, 0.15) is 11.4 Å². The molecule has 2 saturated carbocycles. The van der Waals surface area contributed by atoms with Gasteiger partial charge in [-0.25, -0.2) is 23.1 Å². The van der Waals surface area contributed by atoms with Crippen molar-refractivity contribution in [3.05, 3.63) is 96.1 Å². The van der Waals surface area contributed by atoms with Crippen LogP contribution in [0, 0.1) is 11.3 Å². The number of nitrogen functional groups attached to an aromatic ring is 1. The quantitative estimate of drug-likeness (QED) is 0.0760. The van der Waals surface area contributed by atoms with Crippen molar-refractivity contribution in [1.29, 1.82) is 0 Å². The number of nitrogens with zero attached hydrogens (tertiary/aromatic N) is 4. The minimum absolute atomic E-state index is 0.126. The molecule has 1 amide bonds. The van der Waals surface area contributed by atoms with E-state index in [9.17, 15) is 18.3 Å². The van der Waals surface area contributed by atoms with Gasteiger partial charge in [0.05, 0.1) is 40.0 Å². The minimum atomic E-state index is -4.34. The number of aromatic nitrogens is 3. The smallest absolute Gasteiger partial charge is 0.287 e. The number of benzene rings is 2. The van der Waals surface area contributed by atoms with Gasteiger partial charge < -0.3 is 30.8 Å². The van der Waals surface area contributed by atoms with Crippen molar-refractivity contribution in [3.63, 3.8) is 0 Å². The van der Waals surface area contributed by atoms with E-state index in [1.54, 1.807) is 30.7 Å². The normalized spacial score (nSPS) is 23.1. The van der Waals surface area contributed by atoms with Crippen molar-refractivity contribution in [2.24, 2.45) is 11.3 Å². The summed E-state index contributed by atoms with van der Waals surface area (Å²) in [5.74, 6) is 0.470. The lowest BCUT2D eigenvalue weighted by atomic mass is 9.59. The standard InChI is InChI=1S/C48H60N8O5S/c1-31(2)38-7-4-5-8-39(38)42-9-6-20-56(42)35-26-48(27-35)17-21-55(22-18-48)34-24-43(61-36-23-33-14-19-50-45(33)53-30-36)44(52-29-34)46(57)54-62(59,60)37-10-11-41(40(49)25-37)51-28-32-12-15-47(3,58)16-13-32/h4-5,7-8,10-11,14,19,23-25,29-32,35,42,51,58H,6,9,12-13,15-18,20-22,26-28,49H2,1-3H3,(H,50,53)(H,54,57)/t32?,42-,47?/m0/s1. The van der Waals surface area contributed by atoms with Crippen LogP contribution in [0.3, 0.4) is 0 Å². The van der Waals surface area contributed by atoms with Crippen molar-refractivity contribution in [2.75, 3.05) is 42.1 Å². The third-order valence-corrected chi connectivity index (χ3v) is 15.6. The number of nitrogens with two attached hydrogens (primary N) is 1. The van der Waals surface area contributed by atoms with Crippen LogP contribution in [0.25, 0.3) is 11.0 Å². The Hall–Kier alpha value is -5.18. The molecule has 2 saturated heterocycles. The van der Waals surface area contributed by atoms with Crippen LogP contribution in [-0.4, -0.2) is 77.1 Å². The van der Waals surface area contributed by atoms with E-state index in [4.69, 9.17) is 10.5 Å². The lowest BCUT2D eigenvalue weighted by Crippen LogP contribution is -2.55. The Balaban J connectivity index is 0.878. The molecule has 0 bridgehead atoms. The number of carbonyl (C=O) groups is 1. The summed E-state index contributed by atoms with van der Waals surface area (Å²) in [7, 11) is -4.34. The number of likely N-dealkylation sites (tertiary alicyclic amines) is 1. The van der Waals surface area contributed by atoms with Gasteiger partial charge in [-0.2, -0.15) is 0 Å². The Morgan fingerprint density at radius 1 is 0.984 bits per heavy atom. The number of ether oxygens (including phenoxy) is 1. The number of piperidine rings is 1. The molecule has 4 aliphatic rings. The fraction of sp³-hybridized carbons (Fsp3) is 0.479. The van der Waals surface area contributed by atoms with Crippen LogP contribution in [0.15, 0.2) is 84.1 Å². The number of amides is 1. The monoisotopic (exact) mass is 860 g/mol. The molecule has 1 atom stereocenters. The van der Waals surface area contributed by atoms with Gasteiger partial charge in [-0.05, 0) is 136 Å². The first-order chi connectivity index (χ1) is 29.7. The molecule has 2 aliphatic carbocycles. The van der Waals surface area contributed by atoms with E-state index in [-0.39, 0.29) is 22.0 Å². The van der Waals surface area contributed by atoms with Crippen LogP contribution in [0.5, 0.6) is 11.5 Å². The summed E-state index contributed by atoms with van der Waals surface area (Å²) in [6.45, 7) is 9.98. The van der Waals surface area contributed by atoms with Gasteiger partial charge in [-0.3, -0.25) is 9.69 Å². The number of fused-ring (bicyclic) bond motifs is 1. The Labute approximate surface area is 364 Å². The van der Waals surface area contributed by atoms with Crippen LogP contribution < -0.4 is 25.4 Å². The number of rotatable bonds is 12. The zero-order chi connectivity index (χ0) is 43.2. The first kappa shape index (κ1) is 42.1. The summed E-state index contributed by atoms with van der Waals surface area (Å²) in [4.78, 5) is 30.9. The maximum atomic E-state index is 13.9. The number of aliphatic hydroxyl groups is 1. The molecule has 4 fully saturated rings. The van der Waals surface area contributed by atoms with E-state index < -0.39 is 21.5 Å². The summed E-state index contributed by atoms with van der Waals surface area (Å²) in [5, 5.41) is 14.5. The first-order valence-corrected chi connectivity index (χ1v) is 23.9. The van der Waals surface area contributed by atoms with Crippen molar-refractivity contribution < 1.29 is 23.1 Å². The van der Waals surface area contributed by atoms with Gasteiger partial charge in [0.15, 0.2) is 11.4 Å². The maximum absolute atomic E-state index is 13.9. The largest absolute Gasteiger partial charge is 0.453 e. The molecular formula is C48H60N8O5S. The van der Waals surface area contributed by atoms with E-state index in [2.05, 4.69) is 72.9 Å². The lowest BCUT2D eigenvalue weighted by molar-refractivity contribution is -0.0228. The molecule has 2 aliphatic heterocycles. The average molecular weight is 861 g/mol. The number of hydrogen-bond acceptors (Lipinski definition) is 11. The summed E-state index contributed by atoms with van der Waals surface area (Å²) < 4.78 is 35.8. The van der Waals surface area contributed by atoms with Crippen LogP contribution in [-0.2, 0) is 10.0 Å². The predicted octanol–water partition coefficient (Wildman–Crippen LogP) is 8.51. The molecule has 9 rings (SSSR count). The van der Waals surface area contributed by atoms with Crippen LogP contribution >= 0.6 is 0 Å². The van der Waals surface area contributed by atoms with E-state index in [0.29, 0.717) is 53.0 Å². The molecule has 62 heavy (non-hydrogen) atoms. The minimum Gasteiger partial charge on any atom is -0.453 e. The summed E-state index contributed by atoms with van der Waals surface area (Å²) in [5.41, 5.74) is 11.2. The highest BCUT2D eigenvalue weighted by Gasteiger charge is 2.50. The molecule has 13 nitrogen and oxygen atoms in total. The molecule has 5 heterocycles. The Kier molecular flexibility index (Phi) is 11.4. The summed E-state index contributed by atoms with van der Waals surface area (Å²) in [6, 6.07) is 20.0. The molecule has 0 unspecified atom stereocenters. The van der Waals surface area contributed by atoms with Crippen LogP contribution in [0.4, 0.5) is 17.1 Å². The van der Waals surface area contributed by atoms with Crippen LogP contribution in [0.2, 0.25) is 0 Å². The van der Waals surface area contributed by atoms with E-state index >= 15 is 0 Å². The van der Waals surface area contributed by atoms with E-state index in [1.807, 2.05) is 19.1 Å². The number of pyridine rings is 2. The Morgan fingerprint density at radius 2 is 1.76 bits per heavy atom. The summed E-state index contributed by atoms with van der Waals surface area (Å²) in [6.07, 6.45) is 15.3. The number of nitrogens with one attached hydrogen (secondary N) is 3. The highest BCUT2D eigenvalue weighted by molar-refractivity contribution is 7.90. The first-order valence-electron chi connectivity index (χ1n) is 22.4. The average Bonchev–Trinajstić information content (AvgIpc) is 3.93. The van der Waals surface area contributed by atoms with Gasteiger partial charge in [0.25, 0.3) is 15.9 Å². The fourth-order valence-corrected chi connectivity index (χ4v) is 11.5. The number of sulfonamides is 1. The van der Waals surface area contributed by atoms with Crippen LogP contribution in [0.1, 0.15) is 119 Å². The third-order valence-electron chi connectivity index (χ3n) is 14.2. The molecular weight excluding hydrogens is 801 g/mol. The molecule has 5 aromatic rings. The van der Waals surface area contributed by atoms with Crippen molar-refractivity contribution in [2.45, 2.75) is 113 Å². The molecule has 1 spiro atoms. The molecule has 14 heteroatoms. The third kappa shape index (κ3) is 8.74. The van der Waals surface area contributed by atoms with Gasteiger partial charge in [0.2, 0.25) is 0 Å². The van der Waals surface area contributed by atoms with Crippen molar-refractivity contribution in [1.82, 2.24) is 24.6 Å². The zero-order valence-electron chi connectivity index (χ0n) is 36.1. The van der Waals surface area contributed by atoms with Crippen molar-refractivity contribution in [3.8, 4) is 11.5 Å². The van der Waals surface area contributed by atoms with E-state index in [0.717, 1.165) is 69.2 Å². The number of H-pyrrole nitrogens is 1. The second-order valence-electron chi connectivity index (χ2n) is 19.0. The lowest BCUT2D eigenvalue weighted by Gasteiger charge is -2.56. The number of aromatic amines is 1. The molecule has 328 valence electrons. The van der Waals surface area contributed by atoms with Gasteiger partial charge in [-0.15, -0.1) is 0 Å². The molecule has 2 aromatic carbocycles. The Morgan fingerprint density at radius 3 is 2.52 bits per heavy atom. The maximum Gasteiger partial charge on any atom is 0.287 e. The molecule has 3 aromatic heterocycles. The zero-order valence-corrected chi connectivity index (χ0v) is 36.9. The highest BCUT2D eigenvalue weighted by Crippen LogP contribution is 2.54. The second-order valence-corrected chi connectivity index (χ2v) is 20.6. The fourth-order valence-electron chi connectivity index (χ4n) is 10.5. The molecule has 0 radical (unpaired) electrons. The van der Waals surface area contributed by atoms with Crippen molar-refractivity contribution >= 4 is 44.0 Å². The molecule has 6 N–H and O–H groups in total. The van der Waals surface area contributed by atoms with Gasteiger partial charge in [0, 0.05) is 49.4 Å². The number of carbonyl (C=O) groups excluding carboxylic acids is 1. The second kappa shape index (κ2) is 16.8. The van der Waals surface area contributed by atoms with Gasteiger partial charge in [-0.1, -0.05) is 38.1 Å². The number of anilines is 3. The predicted molar refractivity (Wildman–Crippen MR) is 243 cm³/mol. The van der Waals surface area contributed by atoms with E-state index in [1.165, 1.54) is 48.9 Å². The number of hydrogen-bond donors (Lipinski definition) is 5. The highest BCUT2D eigenvalue weighted by atomic mass is 32.2. The topological polar surface area (TPSA) is 179 Å². The SMILES string of the molecule is CC(C)c1ccccc1[C@@H]1CCCN1C1CC2(CCN(c3cnc(C(=O)NS(=O)(=O)c4ccc(NCC5CCC(C)(O)CC5)c(N)c4)c(Oc4cnc5[nH]ccc5c4)c3)CC2)C1. The summed E-state index contributed by atoms with van der Waals surface area (Å²) >= 11 is 0.